The van der Waals surface area contributed by atoms with Gasteiger partial charge >= 0.3 is 0 Å². The molecular weight excluding hydrogens is 242 g/mol. The highest BCUT2D eigenvalue weighted by molar-refractivity contribution is 7.91. The fourth-order valence-electron chi connectivity index (χ4n) is 1.32. The zero-order valence-corrected chi connectivity index (χ0v) is 11.7. The summed E-state index contributed by atoms with van der Waals surface area (Å²) in [6, 6.07) is 2.15. The van der Waals surface area contributed by atoms with Crippen LogP contribution in [0.4, 0.5) is 0 Å². The van der Waals surface area contributed by atoms with E-state index in [9.17, 15) is 8.42 Å². The molecule has 92 valence electrons. The number of aryl methyl sites for hydroxylation is 2. The van der Waals surface area contributed by atoms with Crippen molar-refractivity contribution in [2.45, 2.75) is 27.3 Å². The molecule has 0 radical (unpaired) electrons. The Morgan fingerprint density at radius 3 is 2.56 bits per heavy atom. The molecule has 0 saturated carbocycles. The van der Waals surface area contributed by atoms with E-state index in [1.165, 1.54) is 15.3 Å². The van der Waals surface area contributed by atoms with Crippen LogP contribution in [-0.4, -0.2) is 26.5 Å². The Kier molecular flexibility index (Phi) is 4.95. The predicted molar refractivity (Wildman–Crippen MR) is 69.8 cm³/mol. The SMILES string of the molecule is CCS(=O)(=O)CCNCc1cc(C)c(C)s1. The molecule has 1 aromatic rings. The summed E-state index contributed by atoms with van der Waals surface area (Å²) in [6.45, 7) is 7.17. The van der Waals surface area contributed by atoms with Crippen molar-refractivity contribution in [2.24, 2.45) is 0 Å². The van der Waals surface area contributed by atoms with Crippen molar-refractivity contribution in [1.82, 2.24) is 5.32 Å². The molecule has 0 spiro atoms. The van der Waals surface area contributed by atoms with E-state index in [4.69, 9.17) is 0 Å². The Morgan fingerprint density at radius 1 is 1.38 bits per heavy atom. The number of rotatable bonds is 6. The van der Waals surface area contributed by atoms with Gasteiger partial charge in [-0.25, -0.2) is 8.42 Å². The first kappa shape index (κ1) is 13.7. The lowest BCUT2D eigenvalue weighted by Crippen LogP contribution is -2.23. The van der Waals surface area contributed by atoms with Gasteiger partial charge in [0.2, 0.25) is 0 Å². The summed E-state index contributed by atoms with van der Waals surface area (Å²) in [7, 11) is -2.84. The fourth-order valence-corrected chi connectivity index (χ4v) is 3.09. The topological polar surface area (TPSA) is 46.2 Å². The molecule has 0 aromatic carbocycles. The molecule has 0 amide bonds. The van der Waals surface area contributed by atoms with Crippen molar-refractivity contribution in [3.63, 3.8) is 0 Å². The smallest absolute Gasteiger partial charge is 0.151 e. The molecule has 0 aliphatic rings. The molecule has 5 heteroatoms. The second-order valence-electron chi connectivity index (χ2n) is 3.87. The summed E-state index contributed by atoms with van der Waals surface area (Å²) >= 11 is 1.77. The minimum atomic E-state index is -2.84. The minimum Gasteiger partial charge on any atom is -0.311 e. The van der Waals surface area contributed by atoms with Gasteiger partial charge in [-0.15, -0.1) is 11.3 Å². The standard InChI is InChI=1S/C11H19NO2S2/c1-4-16(13,14)6-5-12-8-11-7-9(2)10(3)15-11/h7,12H,4-6,8H2,1-3H3. The van der Waals surface area contributed by atoms with Crippen LogP contribution in [0.25, 0.3) is 0 Å². The third-order valence-corrected chi connectivity index (χ3v) is 5.40. The lowest BCUT2D eigenvalue weighted by atomic mass is 10.3. The van der Waals surface area contributed by atoms with Crippen LogP contribution in [0.1, 0.15) is 22.2 Å². The van der Waals surface area contributed by atoms with Crippen molar-refractivity contribution in [2.75, 3.05) is 18.1 Å². The summed E-state index contributed by atoms with van der Waals surface area (Å²) in [5.41, 5.74) is 1.31. The van der Waals surface area contributed by atoms with Gasteiger partial charge in [-0.3, -0.25) is 0 Å². The van der Waals surface area contributed by atoms with E-state index in [-0.39, 0.29) is 11.5 Å². The molecule has 16 heavy (non-hydrogen) atoms. The third-order valence-electron chi connectivity index (χ3n) is 2.55. The van der Waals surface area contributed by atoms with E-state index in [0.29, 0.717) is 6.54 Å². The highest BCUT2D eigenvalue weighted by Crippen LogP contribution is 2.19. The molecular formula is C11H19NO2S2. The second kappa shape index (κ2) is 5.80. The maximum absolute atomic E-state index is 11.2. The maximum atomic E-state index is 11.2. The third kappa shape index (κ3) is 4.23. The average molecular weight is 261 g/mol. The first-order chi connectivity index (χ1) is 7.44. The number of nitrogens with one attached hydrogen (secondary N) is 1. The number of hydrogen-bond donors (Lipinski definition) is 1. The Labute approximate surface area is 102 Å². The van der Waals surface area contributed by atoms with E-state index in [0.717, 1.165) is 6.54 Å². The molecule has 1 N–H and O–H groups in total. The monoisotopic (exact) mass is 261 g/mol. The quantitative estimate of drug-likeness (QED) is 0.795. The Morgan fingerprint density at radius 2 is 2.06 bits per heavy atom. The van der Waals surface area contributed by atoms with E-state index < -0.39 is 9.84 Å². The van der Waals surface area contributed by atoms with Crippen molar-refractivity contribution < 1.29 is 8.42 Å². The van der Waals surface area contributed by atoms with Crippen molar-refractivity contribution in [3.05, 3.63) is 21.4 Å². The van der Waals surface area contributed by atoms with Crippen molar-refractivity contribution in [1.29, 1.82) is 0 Å². The number of thiophene rings is 1. The van der Waals surface area contributed by atoms with Gasteiger partial charge < -0.3 is 5.32 Å². The zero-order chi connectivity index (χ0) is 12.2. The van der Waals surface area contributed by atoms with Gasteiger partial charge in [-0.05, 0) is 25.5 Å². The average Bonchev–Trinajstić information content (AvgIpc) is 2.54. The van der Waals surface area contributed by atoms with Crippen molar-refractivity contribution in [3.8, 4) is 0 Å². The lowest BCUT2D eigenvalue weighted by Gasteiger charge is -2.02. The van der Waals surface area contributed by atoms with E-state index >= 15 is 0 Å². The van der Waals surface area contributed by atoms with Crippen LogP contribution in [0, 0.1) is 13.8 Å². The molecule has 1 aromatic heterocycles. The van der Waals surface area contributed by atoms with Gasteiger partial charge in [0, 0.05) is 28.6 Å². The number of hydrogen-bond acceptors (Lipinski definition) is 4. The Hall–Kier alpha value is -0.390. The summed E-state index contributed by atoms with van der Waals surface area (Å²) in [5.74, 6) is 0.457. The normalized spacial score (nSPS) is 11.9. The molecule has 0 saturated heterocycles. The van der Waals surface area contributed by atoms with Crippen LogP contribution in [0.15, 0.2) is 6.07 Å². The van der Waals surface area contributed by atoms with Crippen LogP contribution < -0.4 is 5.32 Å². The maximum Gasteiger partial charge on any atom is 0.151 e. The van der Waals surface area contributed by atoms with Gasteiger partial charge in [0.1, 0.15) is 0 Å². The molecule has 0 unspecified atom stereocenters. The summed E-state index contributed by atoms with van der Waals surface area (Å²) < 4.78 is 22.5. The second-order valence-corrected chi connectivity index (χ2v) is 7.68. The number of sulfone groups is 1. The van der Waals surface area contributed by atoms with Crippen LogP contribution in [-0.2, 0) is 16.4 Å². The lowest BCUT2D eigenvalue weighted by molar-refractivity contribution is 0.592. The Bertz CT molecular complexity index is 415. The molecule has 0 bridgehead atoms. The first-order valence-corrected chi connectivity index (χ1v) is 8.05. The molecule has 0 aliphatic carbocycles. The predicted octanol–water partition coefficient (Wildman–Crippen LogP) is 1.89. The summed E-state index contributed by atoms with van der Waals surface area (Å²) in [5, 5.41) is 3.16. The van der Waals surface area contributed by atoms with Gasteiger partial charge in [-0.2, -0.15) is 0 Å². The minimum absolute atomic E-state index is 0.228. The highest BCUT2D eigenvalue weighted by atomic mass is 32.2. The van der Waals surface area contributed by atoms with Gasteiger partial charge in [0.25, 0.3) is 0 Å². The summed E-state index contributed by atoms with van der Waals surface area (Å²) in [6.07, 6.45) is 0. The fraction of sp³-hybridized carbons (Fsp3) is 0.636. The largest absolute Gasteiger partial charge is 0.311 e. The van der Waals surface area contributed by atoms with Crippen LogP contribution in [0.2, 0.25) is 0 Å². The molecule has 0 aliphatic heterocycles. The first-order valence-electron chi connectivity index (χ1n) is 5.41. The van der Waals surface area contributed by atoms with E-state index in [2.05, 4.69) is 25.2 Å². The molecule has 0 atom stereocenters. The molecule has 3 nitrogen and oxygen atoms in total. The van der Waals surface area contributed by atoms with Crippen LogP contribution in [0.3, 0.4) is 0 Å². The van der Waals surface area contributed by atoms with Crippen LogP contribution >= 0.6 is 11.3 Å². The Balaban J connectivity index is 2.31. The van der Waals surface area contributed by atoms with Gasteiger partial charge in [0.15, 0.2) is 9.84 Å². The highest BCUT2D eigenvalue weighted by Gasteiger charge is 2.06. The van der Waals surface area contributed by atoms with Gasteiger partial charge in [0.05, 0.1) is 5.75 Å². The van der Waals surface area contributed by atoms with E-state index in [1.54, 1.807) is 18.3 Å². The molecule has 1 rings (SSSR count). The van der Waals surface area contributed by atoms with E-state index in [1.807, 2.05) is 0 Å². The summed E-state index contributed by atoms with van der Waals surface area (Å²) in [4.78, 5) is 2.60. The molecule has 0 fully saturated rings. The van der Waals surface area contributed by atoms with Crippen molar-refractivity contribution >= 4 is 21.2 Å². The zero-order valence-electron chi connectivity index (χ0n) is 10.0. The molecule has 1 heterocycles. The van der Waals surface area contributed by atoms with Gasteiger partial charge in [-0.1, -0.05) is 6.92 Å². The van der Waals surface area contributed by atoms with Crippen LogP contribution in [0.5, 0.6) is 0 Å².